The smallest absolute Gasteiger partial charge is 0.230 e. The van der Waals surface area contributed by atoms with Crippen LogP contribution >= 0.6 is 0 Å². The lowest BCUT2D eigenvalue weighted by Crippen LogP contribution is -3.18. The van der Waals surface area contributed by atoms with Crippen molar-refractivity contribution >= 4 is 17.6 Å². The Hall–Kier alpha value is -2.28. The summed E-state index contributed by atoms with van der Waals surface area (Å²) in [5.74, 6) is -0.503. The van der Waals surface area contributed by atoms with Crippen molar-refractivity contribution in [3.05, 3.63) is 18.2 Å². The van der Waals surface area contributed by atoms with Gasteiger partial charge in [-0.1, -0.05) is 0 Å². The van der Waals surface area contributed by atoms with Gasteiger partial charge < -0.3 is 29.6 Å². The molecule has 7 heteroatoms. The van der Waals surface area contributed by atoms with E-state index in [0.29, 0.717) is 17.2 Å². The van der Waals surface area contributed by atoms with Crippen LogP contribution in [0.1, 0.15) is 25.7 Å². The molecule has 0 bridgehead atoms. The van der Waals surface area contributed by atoms with Gasteiger partial charge in [0.05, 0.1) is 45.4 Å². The number of nitrogens with one attached hydrogen (secondary N) is 2. The molecule has 1 saturated heterocycles. The Morgan fingerprint density at radius 3 is 2.50 bits per heavy atom. The molecule has 2 rings (SSSR count). The number of amides is 1. The van der Waals surface area contributed by atoms with Gasteiger partial charge in [-0.05, 0) is 31.4 Å². The van der Waals surface area contributed by atoms with Gasteiger partial charge in [-0.25, -0.2) is 0 Å². The molecule has 1 fully saturated rings. The minimum atomic E-state index is -1.18. The Balaban J connectivity index is 2.06. The standard InChI is InChI=1S/C17H24N2O5/c1-23-12-6-7-15(24-2)13(10-12)18-16(20)11-14(17(21)22)19-8-4-3-5-9-19/h6-7,10,14H,3-5,8-9,11H2,1-2H3,(H,18,20)(H,21,22)/t14-/m1/s1. The molecule has 1 atom stereocenters. The number of rotatable bonds is 7. The Kier molecular flexibility index (Phi) is 6.43. The number of anilines is 1. The fourth-order valence-corrected chi connectivity index (χ4v) is 3.05. The van der Waals surface area contributed by atoms with Gasteiger partial charge in [0.1, 0.15) is 17.5 Å². The van der Waals surface area contributed by atoms with E-state index in [1.807, 2.05) is 0 Å². The Morgan fingerprint density at radius 2 is 1.92 bits per heavy atom. The predicted molar refractivity (Wildman–Crippen MR) is 86.1 cm³/mol. The molecule has 7 nitrogen and oxygen atoms in total. The van der Waals surface area contributed by atoms with Gasteiger partial charge in [0, 0.05) is 6.07 Å². The van der Waals surface area contributed by atoms with Crippen LogP contribution in [0.3, 0.4) is 0 Å². The summed E-state index contributed by atoms with van der Waals surface area (Å²) >= 11 is 0. The second-order valence-corrected chi connectivity index (χ2v) is 5.91. The van der Waals surface area contributed by atoms with E-state index in [4.69, 9.17) is 9.47 Å². The number of carboxylic acid groups (broad SMARTS) is 1. The number of quaternary nitrogens is 1. The molecule has 132 valence electrons. The second-order valence-electron chi connectivity index (χ2n) is 5.91. The Morgan fingerprint density at radius 1 is 1.21 bits per heavy atom. The normalized spacial score (nSPS) is 16.2. The SMILES string of the molecule is COc1ccc(OC)c(NC(=O)C[C@H](C(=O)[O-])[NH+]2CCCCC2)c1. The number of ether oxygens (including phenoxy) is 2. The number of hydrogen-bond donors (Lipinski definition) is 2. The number of carbonyl (C=O) groups excluding carboxylic acids is 2. The van der Waals surface area contributed by atoms with Crippen LogP contribution in [0.5, 0.6) is 11.5 Å². The summed E-state index contributed by atoms with van der Waals surface area (Å²) in [4.78, 5) is 24.7. The van der Waals surface area contributed by atoms with Crippen LogP contribution in [0.4, 0.5) is 5.69 Å². The van der Waals surface area contributed by atoms with Crippen LogP contribution in [0.15, 0.2) is 18.2 Å². The lowest BCUT2D eigenvalue weighted by atomic mass is 10.1. The summed E-state index contributed by atoms with van der Waals surface area (Å²) in [5, 5.41) is 14.2. The lowest BCUT2D eigenvalue weighted by Gasteiger charge is -2.31. The molecule has 0 spiro atoms. The summed E-state index contributed by atoms with van der Waals surface area (Å²) in [6, 6.07) is 4.21. The quantitative estimate of drug-likeness (QED) is 0.681. The molecule has 1 aliphatic rings. The second kappa shape index (κ2) is 8.54. The third-order valence-corrected chi connectivity index (χ3v) is 4.34. The highest BCUT2D eigenvalue weighted by Crippen LogP contribution is 2.28. The largest absolute Gasteiger partial charge is 0.544 e. The Bertz CT molecular complexity index is 584. The molecule has 1 aliphatic heterocycles. The van der Waals surface area contributed by atoms with E-state index in [1.54, 1.807) is 18.2 Å². The summed E-state index contributed by atoms with van der Waals surface area (Å²) in [6.45, 7) is 1.52. The van der Waals surface area contributed by atoms with Crippen LogP contribution in [0.2, 0.25) is 0 Å². The molecule has 0 saturated carbocycles. The molecule has 0 unspecified atom stereocenters. The zero-order valence-electron chi connectivity index (χ0n) is 14.1. The van der Waals surface area contributed by atoms with E-state index in [1.165, 1.54) is 14.2 Å². The van der Waals surface area contributed by atoms with Crippen LogP contribution in [0.25, 0.3) is 0 Å². The van der Waals surface area contributed by atoms with Crippen molar-refractivity contribution in [3.8, 4) is 11.5 Å². The zero-order valence-corrected chi connectivity index (χ0v) is 14.1. The average molecular weight is 336 g/mol. The maximum atomic E-state index is 12.3. The molecule has 1 aromatic carbocycles. The average Bonchev–Trinajstić information content (AvgIpc) is 2.60. The summed E-state index contributed by atoms with van der Waals surface area (Å²) in [6.07, 6.45) is 2.93. The third kappa shape index (κ3) is 4.61. The maximum Gasteiger partial charge on any atom is 0.230 e. The minimum absolute atomic E-state index is 0.127. The molecule has 1 heterocycles. The third-order valence-electron chi connectivity index (χ3n) is 4.34. The number of hydrogen-bond acceptors (Lipinski definition) is 5. The molecule has 1 aromatic rings. The summed E-state index contributed by atoms with van der Waals surface area (Å²) < 4.78 is 10.3. The van der Waals surface area contributed by atoms with E-state index in [2.05, 4.69) is 5.32 Å². The fraction of sp³-hybridized carbons (Fsp3) is 0.529. The van der Waals surface area contributed by atoms with Gasteiger partial charge in [0.2, 0.25) is 5.91 Å². The zero-order chi connectivity index (χ0) is 17.5. The number of benzene rings is 1. The Labute approximate surface area is 141 Å². The monoisotopic (exact) mass is 336 g/mol. The van der Waals surface area contributed by atoms with Crippen molar-refractivity contribution in [2.24, 2.45) is 0 Å². The van der Waals surface area contributed by atoms with Crippen molar-refractivity contribution in [2.45, 2.75) is 31.7 Å². The van der Waals surface area contributed by atoms with Crippen molar-refractivity contribution in [1.29, 1.82) is 0 Å². The predicted octanol–water partition coefficient (Wildman–Crippen LogP) is -0.780. The number of carboxylic acids is 1. The first kappa shape index (κ1) is 18.1. The van der Waals surface area contributed by atoms with Crippen LogP contribution in [-0.4, -0.2) is 45.2 Å². The van der Waals surface area contributed by atoms with E-state index in [-0.39, 0.29) is 12.3 Å². The first-order chi connectivity index (χ1) is 11.5. The van der Waals surface area contributed by atoms with Crippen LogP contribution in [0, 0.1) is 0 Å². The molecular weight excluding hydrogens is 312 g/mol. The van der Waals surface area contributed by atoms with Crippen molar-refractivity contribution in [3.63, 3.8) is 0 Å². The van der Waals surface area contributed by atoms with Gasteiger partial charge in [0.25, 0.3) is 0 Å². The molecule has 0 aliphatic carbocycles. The number of methoxy groups -OCH3 is 2. The molecule has 1 amide bonds. The molecule has 0 radical (unpaired) electrons. The first-order valence-electron chi connectivity index (χ1n) is 8.12. The van der Waals surface area contributed by atoms with E-state index in [9.17, 15) is 14.7 Å². The highest BCUT2D eigenvalue weighted by atomic mass is 16.5. The minimum Gasteiger partial charge on any atom is -0.544 e. The lowest BCUT2D eigenvalue weighted by molar-refractivity contribution is -0.922. The number of carbonyl (C=O) groups is 2. The fourth-order valence-electron chi connectivity index (χ4n) is 3.05. The molecule has 2 N–H and O–H groups in total. The maximum absolute atomic E-state index is 12.3. The van der Waals surface area contributed by atoms with Gasteiger partial charge >= 0.3 is 0 Å². The highest BCUT2D eigenvalue weighted by Gasteiger charge is 2.28. The van der Waals surface area contributed by atoms with Gasteiger partial charge in [-0.15, -0.1) is 0 Å². The molecular formula is C17H24N2O5. The van der Waals surface area contributed by atoms with Crippen molar-refractivity contribution in [1.82, 2.24) is 0 Å². The van der Waals surface area contributed by atoms with Crippen LogP contribution in [-0.2, 0) is 9.59 Å². The molecule has 0 aromatic heterocycles. The topological polar surface area (TPSA) is 92.1 Å². The molecule has 24 heavy (non-hydrogen) atoms. The number of likely N-dealkylation sites (tertiary alicyclic amines) is 1. The van der Waals surface area contributed by atoms with Crippen molar-refractivity contribution in [2.75, 3.05) is 32.6 Å². The van der Waals surface area contributed by atoms with E-state index < -0.39 is 12.0 Å². The van der Waals surface area contributed by atoms with Gasteiger partial charge in [0.15, 0.2) is 0 Å². The highest BCUT2D eigenvalue weighted by molar-refractivity contribution is 5.94. The van der Waals surface area contributed by atoms with E-state index in [0.717, 1.165) is 37.3 Å². The first-order valence-corrected chi connectivity index (χ1v) is 8.12. The van der Waals surface area contributed by atoms with E-state index >= 15 is 0 Å². The van der Waals surface area contributed by atoms with Crippen molar-refractivity contribution < 1.29 is 29.1 Å². The van der Waals surface area contributed by atoms with Gasteiger partial charge in [-0.3, -0.25) is 4.79 Å². The van der Waals surface area contributed by atoms with Gasteiger partial charge in [-0.2, -0.15) is 0 Å². The summed E-state index contributed by atoms with van der Waals surface area (Å²) in [5.41, 5.74) is 0.451. The van der Waals surface area contributed by atoms with Crippen LogP contribution < -0.4 is 24.8 Å². The number of aliphatic carboxylic acids is 1. The number of piperidine rings is 1. The summed E-state index contributed by atoms with van der Waals surface area (Å²) in [7, 11) is 3.03.